The first kappa shape index (κ1) is 55.0. The fourth-order valence-electron chi connectivity index (χ4n) is 0. The second-order valence-electron chi connectivity index (χ2n) is 0. The number of hydrogen-bond donors (Lipinski definition) is 0. The van der Waals surface area contributed by atoms with Gasteiger partial charge in [-0.2, -0.15) is 27.0 Å². The minimum absolute atomic E-state index is 0. The molecule has 0 aliphatic rings. The molecule has 0 saturated carbocycles. The third-order valence-electron chi connectivity index (χ3n) is 0. The van der Waals surface area contributed by atoms with Crippen molar-refractivity contribution in [1.82, 2.24) is 0 Å². The van der Waals surface area contributed by atoms with Gasteiger partial charge in [0.25, 0.3) is 0 Å². The maximum atomic E-state index is 0. The molecule has 0 amide bonds. The number of hydrogen-bond acceptors (Lipinski definition) is 0. The van der Waals surface area contributed by atoms with Crippen molar-refractivity contribution in [3.8, 4) is 0 Å². The molecule has 0 aromatic rings. The molecule has 0 nitrogen and oxygen atoms in total. The largest absolute Gasteiger partial charge is 0.197 e. The maximum Gasteiger partial charge on any atom is 0 e. The Balaban J connectivity index is 0. The zero-order valence-corrected chi connectivity index (χ0v) is 16.3. The van der Waals surface area contributed by atoms with E-state index < -0.39 is 0 Å². The van der Waals surface area contributed by atoms with Gasteiger partial charge < -0.3 is 0 Å². The molecule has 0 heterocycles. The molecule has 0 aliphatic carbocycles. The molecule has 0 saturated heterocycles. The van der Waals surface area contributed by atoms with Gasteiger partial charge in [-0.1, -0.05) is 0 Å². The SMILES string of the molecule is S.S.[In].[Mg].[Zn].[Zn]. The van der Waals surface area contributed by atoms with E-state index in [9.17, 15) is 0 Å². The van der Waals surface area contributed by atoms with Crippen LogP contribution in [0.4, 0.5) is 0 Å². The Morgan fingerprint density at radius 1 is 0.667 bits per heavy atom. The number of rotatable bonds is 0. The van der Waals surface area contributed by atoms with Gasteiger partial charge in [0.05, 0.1) is 0 Å². The van der Waals surface area contributed by atoms with E-state index in [1.807, 2.05) is 0 Å². The van der Waals surface area contributed by atoms with E-state index >= 15 is 0 Å². The summed E-state index contributed by atoms with van der Waals surface area (Å²) in [4.78, 5) is 0. The minimum Gasteiger partial charge on any atom is -0.197 e. The molecule has 6 heteroatoms. The molecule has 0 aliphatic heterocycles. The first-order valence-electron chi connectivity index (χ1n) is 0. The van der Waals surface area contributed by atoms with Gasteiger partial charge in [-0.3, -0.25) is 0 Å². The van der Waals surface area contributed by atoms with E-state index in [1.54, 1.807) is 0 Å². The van der Waals surface area contributed by atoms with Crippen LogP contribution in [0.2, 0.25) is 0 Å². The summed E-state index contributed by atoms with van der Waals surface area (Å²) in [7, 11) is 0. The molecular weight excluding hydrogens is 334 g/mol. The van der Waals surface area contributed by atoms with Crippen LogP contribution in [0.15, 0.2) is 0 Å². The summed E-state index contributed by atoms with van der Waals surface area (Å²) in [6, 6.07) is 0. The van der Waals surface area contributed by atoms with Crippen LogP contribution in [0.25, 0.3) is 0 Å². The average molecular weight is 338 g/mol. The Labute approximate surface area is 113 Å². The summed E-state index contributed by atoms with van der Waals surface area (Å²) in [5, 5.41) is 0. The van der Waals surface area contributed by atoms with Crippen LogP contribution < -0.4 is 0 Å². The smallest absolute Gasteiger partial charge is 0 e. The van der Waals surface area contributed by atoms with E-state index in [1.165, 1.54) is 0 Å². The molecule has 0 atom stereocenters. The molecule has 0 bridgehead atoms. The first-order valence-corrected chi connectivity index (χ1v) is 0. The van der Waals surface area contributed by atoms with Crippen molar-refractivity contribution in [3.05, 3.63) is 0 Å². The predicted octanol–water partition coefficient (Wildman–Crippen LogP) is -0.541. The van der Waals surface area contributed by atoms with Crippen molar-refractivity contribution in [3.63, 3.8) is 0 Å². The Morgan fingerprint density at radius 3 is 0.667 bits per heavy atom. The topological polar surface area (TPSA) is 0 Å². The van der Waals surface area contributed by atoms with Crippen molar-refractivity contribution in [2.75, 3.05) is 0 Å². The molecule has 6 heavy (non-hydrogen) atoms. The zero-order chi connectivity index (χ0) is 0. The molecule has 0 unspecified atom stereocenters. The Kier molecular flexibility index (Phi) is 352. The second kappa shape index (κ2) is 38.4. The maximum absolute atomic E-state index is 0. The molecule has 0 fully saturated rings. The third kappa shape index (κ3) is 25.6. The quantitative estimate of drug-likeness (QED) is 0.521. The van der Waals surface area contributed by atoms with Crippen LogP contribution in [0.1, 0.15) is 0 Å². The predicted molar refractivity (Wildman–Crippen MR) is 32.3 cm³/mol. The fraction of sp³-hybridized carbons (Fsp3) is 0. The van der Waals surface area contributed by atoms with Crippen molar-refractivity contribution in [2.24, 2.45) is 0 Å². The molecule has 0 aromatic carbocycles. The third-order valence-corrected chi connectivity index (χ3v) is 0. The van der Waals surface area contributed by atoms with Crippen LogP contribution in [-0.4, -0.2) is 48.9 Å². The van der Waals surface area contributed by atoms with Crippen LogP contribution in [0, 0.1) is 0 Å². The molecule has 0 N–H and O–H groups in total. The molecular formula is H4InMgS2Zn2. The fourth-order valence-corrected chi connectivity index (χ4v) is 0. The Morgan fingerprint density at radius 2 is 0.667 bits per heavy atom. The van der Waals surface area contributed by atoms with Gasteiger partial charge in [-0.05, 0) is 0 Å². The summed E-state index contributed by atoms with van der Waals surface area (Å²) in [6.45, 7) is 0. The zero-order valence-electron chi connectivity index (χ0n) is 3.70. The normalized spacial score (nSPS) is 0. The average Bonchev–Trinajstić information content (AvgIpc) is 0. The monoisotopic (exact) mass is 335 g/mol. The molecule has 0 spiro atoms. The standard InChI is InChI=1S/In.Mg.2H2S.2Zn/h;;2*1H2;;. The van der Waals surface area contributed by atoms with Crippen molar-refractivity contribution in [1.29, 1.82) is 0 Å². The van der Waals surface area contributed by atoms with Gasteiger partial charge in [0.1, 0.15) is 0 Å². The first-order chi connectivity index (χ1) is 0. The Bertz CT molecular complexity index is 11.5. The van der Waals surface area contributed by atoms with Crippen molar-refractivity contribution in [2.45, 2.75) is 0 Å². The minimum atomic E-state index is 0. The van der Waals surface area contributed by atoms with Gasteiger partial charge in [0.2, 0.25) is 0 Å². The van der Waals surface area contributed by atoms with E-state index in [0.717, 1.165) is 0 Å². The van der Waals surface area contributed by atoms with Gasteiger partial charge in [0, 0.05) is 87.9 Å². The Hall–Kier alpha value is 3.58. The van der Waals surface area contributed by atoms with E-state index in [-0.39, 0.29) is 115 Å². The molecule has 0 aromatic heterocycles. The van der Waals surface area contributed by atoms with Gasteiger partial charge in [-0.15, -0.1) is 0 Å². The van der Waals surface area contributed by atoms with Crippen LogP contribution in [0.5, 0.6) is 0 Å². The van der Waals surface area contributed by atoms with Crippen molar-refractivity contribution < 1.29 is 39.0 Å². The molecule has 0 rings (SSSR count). The van der Waals surface area contributed by atoms with Gasteiger partial charge >= 0.3 is 0 Å². The second-order valence-corrected chi connectivity index (χ2v) is 0. The van der Waals surface area contributed by atoms with Crippen LogP contribution in [-0.2, 0) is 39.0 Å². The summed E-state index contributed by atoms with van der Waals surface area (Å²) < 4.78 is 0. The van der Waals surface area contributed by atoms with E-state index in [0.29, 0.717) is 0 Å². The summed E-state index contributed by atoms with van der Waals surface area (Å²) in [6.07, 6.45) is 0. The van der Waals surface area contributed by atoms with E-state index in [4.69, 9.17) is 0 Å². The van der Waals surface area contributed by atoms with E-state index in [2.05, 4.69) is 0 Å². The van der Waals surface area contributed by atoms with Crippen LogP contribution >= 0.6 is 27.0 Å². The van der Waals surface area contributed by atoms with Crippen LogP contribution in [0.3, 0.4) is 0 Å². The van der Waals surface area contributed by atoms with Gasteiger partial charge in [-0.25, -0.2) is 0 Å². The summed E-state index contributed by atoms with van der Waals surface area (Å²) >= 11 is 0. The van der Waals surface area contributed by atoms with Crippen molar-refractivity contribution >= 4 is 75.9 Å². The summed E-state index contributed by atoms with van der Waals surface area (Å²) in [5.74, 6) is 0. The molecule has 25 valence electrons. The molecule has 5 radical (unpaired) electrons. The summed E-state index contributed by atoms with van der Waals surface area (Å²) in [5.41, 5.74) is 0. The van der Waals surface area contributed by atoms with Gasteiger partial charge in [0.15, 0.2) is 0 Å².